The van der Waals surface area contributed by atoms with Gasteiger partial charge >= 0.3 is 5.97 Å². The molecule has 2 saturated carbocycles. The van der Waals surface area contributed by atoms with Crippen molar-refractivity contribution in [2.45, 2.75) is 62.3 Å². The lowest BCUT2D eigenvalue weighted by Gasteiger charge is -2.49. The van der Waals surface area contributed by atoms with Crippen LogP contribution >= 0.6 is 23.2 Å². The van der Waals surface area contributed by atoms with Crippen LogP contribution < -0.4 is 0 Å². The van der Waals surface area contributed by atoms with E-state index < -0.39 is 39.4 Å². The maximum Gasteiger partial charge on any atom is 0.307 e. The van der Waals surface area contributed by atoms with Crippen LogP contribution in [0.5, 0.6) is 0 Å². The highest BCUT2D eigenvalue weighted by molar-refractivity contribution is 7.90. The van der Waals surface area contributed by atoms with E-state index in [2.05, 4.69) is 0 Å². The highest BCUT2D eigenvalue weighted by Crippen LogP contribution is 2.65. The number of rotatable bonds is 9. The summed E-state index contributed by atoms with van der Waals surface area (Å²) in [5.74, 6) is -2.20. The molecule has 2 unspecified atom stereocenters. The normalized spacial score (nSPS) is 28.1. The molecule has 2 aromatic carbocycles. The zero-order valence-electron chi connectivity index (χ0n) is 21.4. The third kappa shape index (κ3) is 4.85. The molecule has 0 aromatic heterocycles. The smallest absolute Gasteiger partial charge is 0.307 e. The Kier molecular flexibility index (Phi) is 7.31. The Bertz CT molecular complexity index is 1350. The molecule has 5 atom stereocenters. The summed E-state index contributed by atoms with van der Waals surface area (Å²) >= 11 is 12.6. The first-order valence-electron chi connectivity index (χ1n) is 13.0. The van der Waals surface area contributed by atoms with Gasteiger partial charge in [-0.3, -0.25) is 9.59 Å². The second-order valence-electron chi connectivity index (χ2n) is 10.9. The van der Waals surface area contributed by atoms with Gasteiger partial charge < -0.3 is 10.0 Å². The van der Waals surface area contributed by atoms with Crippen LogP contribution in [0.4, 0.5) is 0 Å². The van der Waals surface area contributed by atoms with Crippen molar-refractivity contribution in [2.24, 2.45) is 11.3 Å². The van der Waals surface area contributed by atoms with E-state index in [1.165, 1.54) is 4.31 Å². The zero-order chi connectivity index (χ0) is 27.4. The molecule has 1 amide bonds. The fourth-order valence-corrected chi connectivity index (χ4v) is 8.12. The van der Waals surface area contributed by atoms with E-state index in [0.717, 1.165) is 11.1 Å². The van der Waals surface area contributed by atoms with Gasteiger partial charge in [0.1, 0.15) is 0 Å². The third-order valence-electron chi connectivity index (χ3n) is 8.50. The summed E-state index contributed by atoms with van der Waals surface area (Å²) in [5, 5.41) is 10.7. The summed E-state index contributed by atoms with van der Waals surface area (Å²) in [6.45, 7) is 2.08. The van der Waals surface area contributed by atoms with Gasteiger partial charge in [-0.15, -0.1) is 0 Å². The summed E-state index contributed by atoms with van der Waals surface area (Å²) in [7, 11) is -1.88. The minimum atomic E-state index is -3.46. The van der Waals surface area contributed by atoms with Gasteiger partial charge in [0.05, 0.1) is 22.6 Å². The predicted molar refractivity (Wildman–Crippen MR) is 147 cm³/mol. The SMILES string of the molecule is CC[C@@H](CN(C)S(=O)(=O)C1CC1)N1C(=O)C2(C[C@H](c3cccc(Cl)c3)C1c1ccc(Cl)cc1)C[C@H]2C(=O)O. The lowest BCUT2D eigenvalue weighted by molar-refractivity contribution is -0.154. The molecule has 1 aliphatic heterocycles. The molecule has 5 rings (SSSR count). The second kappa shape index (κ2) is 10.1. The summed E-state index contributed by atoms with van der Waals surface area (Å²) in [5.41, 5.74) is 0.753. The number of carboxylic acids is 1. The van der Waals surface area contributed by atoms with Gasteiger partial charge in [0.25, 0.3) is 0 Å². The number of halogens is 2. The number of carbonyl (C=O) groups excluding carboxylic acids is 1. The van der Waals surface area contributed by atoms with Crippen molar-refractivity contribution in [1.29, 1.82) is 0 Å². The Hall–Kier alpha value is -2.13. The monoisotopic (exact) mass is 578 g/mol. The molecule has 0 bridgehead atoms. The lowest BCUT2D eigenvalue weighted by atomic mass is 9.72. The van der Waals surface area contributed by atoms with Gasteiger partial charge in [-0.1, -0.05) is 54.4 Å². The second-order valence-corrected chi connectivity index (χ2v) is 14.1. The van der Waals surface area contributed by atoms with Gasteiger partial charge in [-0.25, -0.2) is 12.7 Å². The molecular weight excluding hydrogens is 547 g/mol. The Morgan fingerprint density at radius 2 is 1.79 bits per heavy atom. The van der Waals surface area contributed by atoms with E-state index in [4.69, 9.17) is 23.2 Å². The van der Waals surface area contributed by atoms with Crippen LogP contribution in [0, 0.1) is 11.3 Å². The molecule has 7 nitrogen and oxygen atoms in total. The molecule has 1 N–H and O–H groups in total. The van der Waals surface area contributed by atoms with Gasteiger partial charge in [0, 0.05) is 35.6 Å². The fraction of sp³-hybridized carbons (Fsp3) is 0.500. The molecule has 3 fully saturated rings. The first-order chi connectivity index (χ1) is 18.0. The number of likely N-dealkylation sites (N-methyl/N-ethyl adjacent to an activating group) is 1. The molecule has 1 spiro atoms. The quantitative estimate of drug-likeness (QED) is 0.433. The lowest BCUT2D eigenvalue weighted by Crippen LogP contribution is -2.56. The van der Waals surface area contributed by atoms with Crippen LogP contribution in [0.2, 0.25) is 10.0 Å². The molecule has 2 aromatic rings. The maximum absolute atomic E-state index is 14.3. The number of likely N-dealkylation sites (tertiary alicyclic amines) is 1. The molecular formula is C28H32Cl2N2O5S. The van der Waals surface area contributed by atoms with Crippen LogP contribution in [0.15, 0.2) is 48.5 Å². The van der Waals surface area contributed by atoms with Crippen LogP contribution in [0.1, 0.15) is 62.1 Å². The summed E-state index contributed by atoms with van der Waals surface area (Å²) in [6, 6.07) is 13.9. The Morgan fingerprint density at radius 3 is 2.34 bits per heavy atom. The largest absolute Gasteiger partial charge is 0.481 e. The average molecular weight is 580 g/mol. The molecule has 1 saturated heterocycles. The Balaban J connectivity index is 1.63. The van der Waals surface area contributed by atoms with Crippen molar-refractivity contribution in [3.05, 3.63) is 69.7 Å². The first-order valence-corrected chi connectivity index (χ1v) is 15.3. The topological polar surface area (TPSA) is 95.0 Å². The minimum absolute atomic E-state index is 0.140. The van der Waals surface area contributed by atoms with Crippen LogP contribution in [-0.4, -0.2) is 59.5 Å². The Labute approximate surface area is 233 Å². The number of hydrogen-bond donors (Lipinski definition) is 1. The van der Waals surface area contributed by atoms with E-state index >= 15 is 0 Å². The molecule has 10 heteroatoms. The number of piperidine rings is 1. The first kappa shape index (κ1) is 27.4. The number of carboxylic acid groups (broad SMARTS) is 1. The number of benzene rings is 2. The minimum Gasteiger partial charge on any atom is -0.481 e. The van der Waals surface area contributed by atoms with Crippen molar-refractivity contribution >= 4 is 45.1 Å². The van der Waals surface area contributed by atoms with Gasteiger partial charge in [0.15, 0.2) is 0 Å². The maximum atomic E-state index is 14.3. The van der Waals surface area contributed by atoms with Gasteiger partial charge in [0.2, 0.25) is 15.9 Å². The van der Waals surface area contributed by atoms with Crippen LogP contribution in [0.25, 0.3) is 0 Å². The van der Waals surface area contributed by atoms with E-state index in [0.29, 0.717) is 35.7 Å². The van der Waals surface area contributed by atoms with Crippen LogP contribution in [0.3, 0.4) is 0 Å². The van der Waals surface area contributed by atoms with Crippen molar-refractivity contribution in [3.8, 4) is 0 Å². The number of amides is 1. The van der Waals surface area contributed by atoms with Crippen molar-refractivity contribution < 1.29 is 23.1 Å². The number of nitrogens with zero attached hydrogens (tertiary/aromatic N) is 2. The summed E-state index contributed by atoms with van der Waals surface area (Å²) in [4.78, 5) is 28.2. The van der Waals surface area contributed by atoms with Gasteiger partial charge in [-0.2, -0.15) is 0 Å². The number of hydrogen-bond acceptors (Lipinski definition) is 4. The standard InChI is InChI=1S/C28H32Cl2N2O5S/c1-3-21(16-31(2)38(36,37)22-11-12-22)32-25(17-7-9-19(29)10-8-17)23(18-5-4-6-20(30)13-18)14-28(27(32)35)15-24(28)26(33)34/h4-10,13,21-25H,3,11-12,14-16H2,1-2H3,(H,33,34)/t21-,23+,24-,25?,28?/m0/s1. The average Bonchev–Trinajstić information content (AvgIpc) is 3.80. The van der Waals surface area contributed by atoms with E-state index in [9.17, 15) is 23.1 Å². The molecule has 3 aliphatic rings. The number of aliphatic carboxylic acids is 1. The Morgan fingerprint density at radius 1 is 1.11 bits per heavy atom. The molecule has 204 valence electrons. The fourth-order valence-electron chi connectivity index (χ4n) is 6.18. The molecule has 38 heavy (non-hydrogen) atoms. The zero-order valence-corrected chi connectivity index (χ0v) is 23.7. The molecule has 0 radical (unpaired) electrons. The predicted octanol–water partition coefficient (Wildman–Crippen LogP) is 5.34. The number of carbonyl (C=O) groups is 2. The molecule has 1 heterocycles. The van der Waals surface area contributed by atoms with Gasteiger partial charge in [-0.05, 0) is 67.5 Å². The van der Waals surface area contributed by atoms with Crippen molar-refractivity contribution in [3.63, 3.8) is 0 Å². The third-order valence-corrected chi connectivity index (χ3v) is 11.3. The van der Waals surface area contributed by atoms with Crippen LogP contribution in [-0.2, 0) is 19.6 Å². The summed E-state index contributed by atoms with van der Waals surface area (Å²) in [6.07, 6.45) is 2.46. The van der Waals surface area contributed by atoms with E-state index in [1.54, 1.807) is 30.1 Å². The number of sulfonamides is 1. The van der Waals surface area contributed by atoms with Crippen molar-refractivity contribution in [2.75, 3.05) is 13.6 Å². The van der Waals surface area contributed by atoms with Crippen molar-refractivity contribution in [1.82, 2.24) is 9.21 Å². The highest BCUT2D eigenvalue weighted by Gasteiger charge is 2.69. The molecule has 2 aliphatic carbocycles. The highest BCUT2D eigenvalue weighted by atomic mass is 35.5. The van der Waals surface area contributed by atoms with E-state index in [-0.39, 0.29) is 30.0 Å². The summed E-state index contributed by atoms with van der Waals surface area (Å²) < 4.78 is 27.4. The van der Waals surface area contributed by atoms with E-state index in [1.807, 2.05) is 37.3 Å².